The summed E-state index contributed by atoms with van der Waals surface area (Å²) in [5, 5.41) is 9.92. The summed E-state index contributed by atoms with van der Waals surface area (Å²) in [5.41, 5.74) is 1.62. The molecule has 1 N–H and O–H groups in total. The molecule has 1 aromatic heterocycles. The Hall–Kier alpha value is -2.67. The Morgan fingerprint density at radius 1 is 1.20 bits per heavy atom. The summed E-state index contributed by atoms with van der Waals surface area (Å²) < 4.78 is 5.36. The number of phenolic OH excluding ortho intramolecular Hbond substituents is 1. The minimum Gasteiger partial charge on any atom is -0.508 e. The Kier molecular flexibility index (Phi) is 4.23. The van der Waals surface area contributed by atoms with Crippen LogP contribution in [0.25, 0.3) is 0 Å². The van der Waals surface area contributed by atoms with E-state index < -0.39 is 0 Å². The molecule has 0 atom stereocenters. The van der Waals surface area contributed by atoms with Gasteiger partial charge in [0.2, 0.25) is 5.91 Å². The molecule has 7 nitrogen and oxygen atoms in total. The number of fused-ring (bicyclic) bond motifs is 1. The number of rotatable bonds is 3. The van der Waals surface area contributed by atoms with Gasteiger partial charge in [-0.1, -0.05) is 6.07 Å². The molecule has 0 radical (unpaired) electrons. The van der Waals surface area contributed by atoms with Gasteiger partial charge in [-0.2, -0.15) is 0 Å². The second-order valence-corrected chi connectivity index (χ2v) is 6.18. The van der Waals surface area contributed by atoms with E-state index in [9.17, 15) is 9.90 Å². The van der Waals surface area contributed by atoms with E-state index in [2.05, 4.69) is 14.9 Å². The van der Waals surface area contributed by atoms with Crippen LogP contribution in [0.2, 0.25) is 0 Å². The lowest BCUT2D eigenvalue weighted by atomic mass is 10.1. The minimum atomic E-state index is -0.0523. The number of morpholine rings is 1. The Morgan fingerprint density at radius 3 is 2.88 bits per heavy atom. The molecular weight excluding hydrogens is 320 g/mol. The van der Waals surface area contributed by atoms with Gasteiger partial charge in [-0.25, -0.2) is 9.97 Å². The number of anilines is 2. The quantitative estimate of drug-likeness (QED) is 0.903. The van der Waals surface area contributed by atoms with Crippen molar-refractivity contribution in [1.29, 1.82) is 0 Å². The summed E-state index contributed by atoms with van der Waals surface area (Å²) in [6.07, 6.45) is 2.51. The molecule has 1 fully saturated rings. The maximum atomic E-state index is 12.7. The first kappa shape index (κ1) is 15.8. The van der Waals surface area contributed by atoms with Crippen molar-refractivity contribution in [3.8, 4) is 5.75 Å². The smallest absolute Gasteiger partial charge is 0.234 e. The fourth-order valence-corrected chi connectivity index (χ4v) is 3.35. The second-order valence-electron chi connectivity index (χ2n) is 6.18. The van der Waals surface area contributed by atoms with Crippen LogP contribution >= 0.6 is 0 Å². The predicted molar refractivity (Wildman–Crippen MR) is 92.9 cm³/mol. The molecule has 0 aliphatic carbocycles. The highest BCUT2D eigenvalue weighted by molar-refractivity contribution is 5.96. The summed E-state index contributed by atoms with van der Waals surface area (Å²) in [6, 6.07) is 7.14. The molecule has 0 spiro atoms. The Morgan fingerprint density at radius 2 is 2.04 bits per heavy atom. The molecule has 1 amide bonds. The van der Waals surface area contributed by atoms with E-state index in [0.29, 0.717) is 32.0 Å². The molecule has 7 heteroatoms. The van der Waals surface area contributed by atoms with E-state index in [1.54, 1.807) is 23.2 Å². The predicted octanol–water partition coefficient (Wildman–Crippen LogP) is 1.15. The first-order chi connectivity index (χ1) is 12.2. The Balaban J connectivity index is 1.50. The topological polar surface area (TPSA) is 78.8 Å². The molecule has 25 heavy (non-hydrogen) atoms. The average molecular weight is 340 g/mol. The fourth-order valence-electron chi connectivity index (χ4n) is 3.35. The van der Waals surface area contributed by atoms with Crippen LogP contribution < -0.4 is 9.80 Å². The Bertz CT molecular complexity index is 790. The van der Waals surface area contributed by atoms with Crippen LogP contribution in [-0.2, 0) is 22.4 Å². The fraction of sp³-hybridized carbons (Fsp3) is 0.389. The highest BCUT2D eigenvalue weighted by Crippen LogP contribution is 2.34. The summed E-state index contributed by atoms with van der Waals surface area (Å²) in [6.45, 7) is 3.54. The number of aromatic nitrogens is 2. The van der Waals surface area contributed by atoms with Crippen molar-refractivity contribution in [2.75, 3.05) is 42.6 Å². The molecule has 130 valence electrons. The molecule has 2 aliphatic rings. The summed E-state index contributed by atoms with van der Waals surface area (Å²) in [5.74, 6) is 1.55. The Labute approximate surface area is 145 Å². The number of benzene rings is 1. The number of carbonyl (C=O) groups excluding carboxylic acids is 1. The van der Waals surface area contributed by atoms with Crippen LogP contribution in [-0.4, -0.2) is 53.8 Å². The van der Waals surface area contributed by atoms with Gasteiger partial charge in [0.25, 0.3) is 0 Å². The molecule has 0 saturated carbocycles. The summed E-state index contributed by atoms with van der Waals surface area (Å²) in [4.78, 5) is 25.4. The van der Waals surface area contributed by atoms with Crippen molar-refractivity contribution in [1.82, 2.24) is 9.97 Å². The van der Waals surface area contributed by atoms with Gasteiger partial charge in [0, 0.05) is 31.4 Å². The van der Waals surface area contributed by atoms with E-state index >= 15 is 0 Å². The lowest BCUT2D eigenvalue weighted by Gasteiger charge is -2.27. The van der Waals surface area contributed by atoms with Gasteiger partial charge >= 0.3 is 0 Å². The normalized spacial score (nSPS) is 16.8. The van der Waals surface area contributed by atoms with Gasteiger partial charge in [-0.3, -0.25) is 4.79 Å². The van der Waals surface area contributed by atoms with E-state index in [4.69, 9.17) is 4.74 Å². The number of carbonyl (C=O) groups is 1. The number of hydrogen-bond acceptors (Lipinski definition) is 6. The largest absolute Gasteiger partial charge is 0.508 e. The number of ether oxygens (including phenoxy) is 1. The lowest BCUT2D eigenvalue weighted by Crippen LogP contribution is -2.37. The number of aromatic hydroxyl groups is 1. The van der Waals surface area contributed by atoms with Crippen molar-refractivity contribution in [2.45, 2.75) is 12.8 Å². The third-order valence-corrected chi connectivity index (χ3v) is 4.64. The highest BCUT2D eigenvalue weighted by atomic mass is 16.5. The minimum absolute atomic E-state index is 0.0523. The summed E-state index contributed by atoms with van der Waals surface area (Å²) in [7, 11) is 0. The molecular formula is C18H20N4O3. The van der Waals surface area contributed by atoms with E-state index in [-0.39, 0.29) is 18.1 Å². The number of phenols is 1. The van der Waals surface area contributed by atoms with Gasteiger partial charge in [0.05, 0.1) is 25.3 Å². The van der Waals surface area contributed by atoms with Gasteiger partial charge < -0.3 is 19.6 Å². The van der Waals surface area contributed by atoms with E-state index in [1.807, 2.05) is 12.1 Å². The van der Waals surface area contributed by atoms with E-state index in [0.717, 1.165) is 30.2 Å². The van der Waals surface area contributed by atoms with Crippen molar-refractivity contribution in [3.05, 3.63) is 41.9 Å². The zero-order chi connectivity index (χ0) is 17.2. The second kappa shape index (κ2) is 6.68. The number of hydrogen-bond donors (Lipinski definition) is 1. The maximum absolute atomic E-state index is 12.7. The molecule has 0 unspecified atom stereocenters. The standard InChI is InChI=1S/C18H20N4O3/c23-15-3-1-2-14-13(15)5-7-22(14)18(24)12-16-19-6-4-17(20-16)21-8-10-25-11-9-21/h1-4,6,23H,5,7-12H2. The van der Waals surface area contributed by atoms with Crippen LogP contribution in [0.3, 0.4) is 0 Å². The highest BCUT2D eigenvalue weighted by Gasteiger charge is 2.27. The van der Waals surface area contributed by atoms with Crippen LogP contribution in [0.15, 0.2) is 30.5 Å². The van der Waals surface area contributed by atoms with Crippen LogP contribution in [0.5, 0.6) is 5.75 Å². The molecule has 2 aromatic rings. The first-order valence-electron chi connectivity index (χ1n) is 8.48. The lowest BCUT2D eigenvalue weighted by molar-refractivity contribution is -0.118. The van der Waals surface area contributed by atoms with Crippen molar-refractivity contribution >= 4 is 17.4 Å². The SMILES string of the molecule is O=C(Cc1nccc(N2CCOCC2)n1)N1CCc2c(O)cccc21. The molecule has 1 saturated heterocycles. The molecule has 4 rings (SSSR count). The van der Waals surface area contributed by atoms with Crippen LogP contribution in [0.4, 0.5) is 11.5 Å². The van der Waals surface area contributed by atoms with Gasteiger partial charge in [-0.15, -0.1) is 0 Å². The van der Waals surface area contributed by atoms with Gasteiger partial charge in [0.15, 0.2) is 0 Å². The van der Waals surface area contributed by atoms with Crippen molar-refractivity contribution < 1.29 is 14.6 Å². The van der Waals surface area contributed by atoms with Crippen molar-refractivity contribution in [3.63, 3.8) is 0 Å². The zero-order valence-corrected chi connectivity index (χ0v) is 13.9. The van der Waals surface area contributed by atoms with E-state index in [1.165, 1.54) is 0 Å². The van der Waals surface area contributed by atoms with Gasteiger partial charge in [0.1, 0.15) is 17.4 Å². The molecule has 2 aliphatic heterocycles. The zero-order valence-electron chi connectivity index (χ0n) is 13.9. The van der Waals surface area contributed by atoms with Crippen molar-refractivity contribution in [2.24, 2.45) is 0 Å². The van der Waals surface area contributed by atoms with Gasteiger partial charge in [-0.05, 0) is 24.6 Å². The molecule has 0 bridgehead atoms. The monoisotopic (exact) mass is 340 g/mol. The molecule has 1 aromatic carbocycles. The molecule has 3 heterocycles. The third kappa shape index (κ3) is 3.15. The summed E-state index contributed by atoms with van der Waals surface area (Å²) >= 11 is 0. The number of nitrogens with zero attached hydrogens (tertiary/aromatic N) is 4. The maximum Gasteiger partial charge on any atom is 0.234 e. The average Bonchev–Trinajstić information content (AvgIpc) is 3.08. The number of amides is 1. The van der Waals surface area contributed by atoms with Crippen LogP contribution in [0, 0.1) is 0 Å². The third-order valence-electron chi connectivity index (χ3n) is 4.64. The first-order valence-corrected chi connectivity index (χ1v) is 8.48. The van der Waals surface area contributed by atoms with Crippen LogP contribution in [0.1, 0.15) is 11.4 Å².